The first-order valence-corrected chi connectivity index (χ1v) is 8.09. The fraction of sp³-hybridized carbons (Fsp3) is 0.750. The van der Waals surface area contributed by atoms with Crippen LogP contribution in [0.5, 0.6) is 0 Å². The number of rotatable bonds is 9. The summed E-state index contributed by atoms with van der Waals surface area (Å²) in [6.07, 6.45) is 7.00. The van der Waals surface area contributed by atoms with Gasteiger partial charge in [-0.3, -0.25) is 9.67 Å². The summed E-state index contributed by atoms with van der Waals surface area (Å²) in [5.74, 6) is 0.575. The third-order valence-corrected chi connectivity index (χ3v) is 3.86. The van der Waals surface area contributed by atoms with E-state index < -0.39 is 0 Å². The van der Waals surface area contributed by atoms with Crippen LogP contribution in [0.4, 0.5) is 0 Å². The fourth-order valence-electron chi connectivity index (χ4n) is 2.46. The Labute approximate surface area is 129 Å². The van der Waals surface area contributed by atoms with Gasteiger partial charge in [0.15, 0.2) is 5.96 Å². The third-order valence-electron chi connectivity index (χ3n) is 3.86. The molecule has 1 aromatic rings. The maximum atomic E-state index is 5.85. The molecule has 120 valence electrons. The lowest BCUT2D eigenvalue weighted by Crippen LogP contribution is -2.32. The van der Waals surface area contributed by atoms with E-state index in [1.54, 1.807) is 0 Å². The molecule has 1 rings (SSSR count). The van der Waals surface area contributed by atoms with Gasteiger partial charge in [-0.15, -0.1) is 0 Å². The molecule has 0 saturated heterocycles. The maximum absolute atomic E-state index is 5.85. The number of aromatic nitrogens is 2. The van der Waals surface area contributed by atoms with Gasteiger partial charge in [0.2, 0.25) is 0 Å². The molecule has 0 aromatic carbocycles. The molecule has 21 heavy (non-hydrogen) atoms. The molecule has 0 aliphatic heterocycles. The second-order valence-electron chi connectivity index (χ2n) is 5.63. The van der Waals surface area contributed by atoms with Crippen molar-refractivity contribution in [3.8, 4) is 0 Å². The lowest BCUT2D eigenvalue weighted by Gasteiger charge is -2.05. The van der Waals surface area contributed by atoms with Crippen molar-refractivity contribution < 1.29 is 0 Å². The molecule has 0 unspecified atom stereocenters. The van der Waals surface area contributed by atoms with Crippen molar-refractivity contribution in [1.82, 2.24) is 15.1 Å². The largest absolute Gasteiger partial charge is 0.370 e. The molecule has 0 bridgehead atoms. The molecule has 0 saturated carbocycles. The van der Waals surface area contributed by atoms with Gasteiger partial charge in [0.1, 0.15) is 0 Å². The summed E-state index contributed by atoms with van der Waals surface area (Å²) in [7, 11) is 1.99. The Bertz CT molecular complexity index is 448. The van der Waals surface area contributed by atoms with E-state index in [4.69, 9.17) is 5.73 Å². The molecule has 3 N–H and O–H groups in total. The first-order chi connectivity index (χ1) is 10.1. The molecule has 1 aromatic heterocycles. The van der Waals surface area contributed by atoms with Crippen LogP contribution >= 0.6 is 0 Å². The van der Waals surface area contributed by atoms with Gasteiger partial charge in [-0.1, -0.05) is 26.2 Å². The number of hydrogen-bond donors (Lipinski definition) is 2. The van der Waals surface area contributed by atoms with E-state index in [2.05, 4.69) is 36.2 Å². The van der Waals surface area contributed by atoms with E-state index in [1.165, 1.54) is 30.5 Å². The van der Waals surface area contributed by atoms with E-state index in [0.717, 1.165) is 38.0 Å². The van der Waals surface area contributed by atoms with E-state index in [1.807, 2.05) is 11.7 Å². The summed E-state index contributed by atoms with van der Waals surface area (Å²) in [6, 6.07) is 0. The Hall–Kier alpha value is -1.52. The molecule has 0 atom stereocenters. The molecule has 0 radical (unpaired) electrons. The lowest BCUT2D eigenvalue weighted by molar-refractivity contribution is 0.652. The van der Waals surface area contributed by atoms with Gasteiger partial charge >= 0.3 is 0 Å². The standard InChI is InChI=1S/C16H31N5/c1-5-6-7-8-11-18-16(17)19-12-9-10-15-13(2)20-21(4)14(15)3/h5-12H2,1-4H3,(H3,17,18,19). The van der Waals surface area contributed by atoms with Crippen molar-refractivity contribution in [1.29, 1.82) is 0 Å². The molecule has 0 amide bonds. The SMILES string of the molecule is CCCCCCNC(N)=NCCCc1c(C)nn(C)c1C. The van der Waals surface area contributed by atoms with E-state index in [0.29, 0.717) is 5.96 Å². The smallest absolute Gasteiger partial charge is 0.188 e. The summed E-state index contributed by atoms with van der Waals surface area (Å²) < 4.78 is 1.94. The van der Waals surface area contributed by atoms with E-state index in [-0.39, 0.29) is 0 Å². The number of aliphatic imine (C=N–C) groups is 1. The molecule has 5 heteroatoms. The Morgan fingerprint density at radius 3 is 2.62 bits per heavy atom. The second kappa shape index (κ2) is 9.42. The Balaban J connectivity index is 2.21. The molecular weight excluding hydrogens is 262 g/mol. The van der Waals surface area contributed by atoms with Crippen LogP contribution in [0.3, 0.4) is 0 Å². The molecule has 0 aliphatic carbocycles. The zero-order chi connectivity index (χ0) is 15.7. The van der Waals surface area contributed by atoms with Crippen LogP contribution in [0.1, 0.15) is 56.0 Å². The Morgan fingerprint density at radius 1 is 1.24 bits per heavy atom. The highest BCUT2D eigenvalue weighted by atomic mass is 15.3. The minimum absolute atomic E-state index is 0.575. The van der Waals surface area contributed by atoms with Gasteiger partial charge in [-0.25, -0.2) is 0 Å². The lowest BCUT2D eigenvalue weighted by atomic mass is 10.1. The zero-order valence-corrected chi connectivity index (χ0v) is 14.1. The van der Waals surface area contributed by atoms with Crippen LogP contribution < -0.4 is 11.1 Å². The van der Waals surface area contributed by atoms with Crippen LogP contribution in [-0.4, -0.2) is 28.8 Å². The zero-order valence-electron chi connectivity index (χ0n) is 14.1. The second-order valence-corrected chi connectivity index (χ2v) is 5.63. The van der Waals surface area contributed by atoms with Crippen molar-refractivity contribution >= 4 is 5.96 Å². The van der Waals surface area contributed by atoms with Crippen molar-refractivity contribution in [2.24, 2.45) is 17.8 Å². The van der Waals surface area contributed by atoms with E-state index >= 15 is 0 Å². The predicted octanol–water partition coefficient (Wildman–Crippen LogP) is 2.45. The molecule has 0 aliphatic rings. The van der Waals surface area contributed by atoms with Gasteiger partial charge in [-0.05, 0) is 38.7 Å². The van der Waals surface area contributed by atoms with Crippen molar-refractivity contribution in [2.75, 3.05) is 13.1 Å². The van der Waals surface area contributed by atoms with Gasteiger partial charge in [0.05, 0.1) is 5.69 Å². The van der Waals surface area contributed by atoms with Crippen molar-refractivity contribution in [3.05, 3.63) is 17.0 Å². The van der Waals surface area contributed by atoms with Crippen LogP contribution in [0.15, 0.2) is 4.99 Å². The van der Waals surface area contributed by atoms with Gasteiger partial charge in [-0.2, -0.15) is 5.10 Å². The highest BCUT2D eigenvalue weighted by molar-refractivity contribution is 5.77. The quantitative estimate of drug-likeness (QED) is 0.417. The summed E-state index contributed by atoms with van der Waals surface area (Å²) >= 11 is 0. The summed E-state index contributed by atoms with van der Waals surface area (Å²) in [5, 5.41) is 7.61. The summed E-state index contributed by atoms with van der Waals surface area (Å²) in [4.78, 5) is 4.38. The summed E-state index contributed by atoms with van der Waals surface area (Å²) in [6.45, 7) is 8.09. The maximum Gasteiger partial charge on any atom is 0.188 e. The van der Waals surface area contributed by atoms with Crippen LogP contribution in [0, 0.1) is 13.8 Å². The molecule has 0 spiro atoms. The van der Waals surface area contributed by atoms with Gasteiger partial charge < -0.3 is 11.1 Å². The fourth-order valence-corrected chi connectivity index (χ4v) is 2.46. The van der Waals surface area contributed by atoms with Crippen LogP contribution in [0.25, 0.3) is 0 Å². The topological polar surface area (TPSA) is 68.2 Å². The van der Waals surface area contributed by atoms with Crippen LogP contribution in [0.2, 0.25) is 0 Å². The normalized spacial score (nSPS) is 11.9. The molecule has 1 heterocycles. The number of unbranched alkanes of at least 4 members (excludes halogenated alkanes) is 3. The first kappa shape index (κ1) is 17.5. The first-order valence-electron chi connectivity index (χ1n) is 8.09. The Morgan fingerprint density at radius 2 is 2.00 bits per heavy atom. The Kier molecular flexibility index (Phi) is 7.87. The number of nitrogens with zero attached hydrogens (tertiary/aromatic N) is 3. The van der Waals surface area contributed by atoms with Gasteiger partial charge in [0.25, 0.3) is 0 Å². The number of hydrogen-bond acceptors (Lipinski definition) is 2. The number of nitrogens with one attached hydrogen (secondary N) is 1. The minimum atomic E-state index is 0.575. The average Bonchev–Trinajstić information content (AvgIpc) is 2.69. The minimum Gasteiger partial charge on any atom is -0.370 e. The average molecular weight is 293 g/mol. The van der Waals surface area contributed by atoms with Crippen LogP contribution in [-0.2, 0) is 13.5 Å². The predicted molar refractivity (Wildman–Crippen MR) is 89.6 cm³/mol. The monoisotopic (exact) mass is 293 g/mol. The summed E-state index contributed by atoms with van der Waals surface area (Å²) in [5.41, 5.74) is 9.57. The van der Waals surface area contributed by atoms with Crippen molar-refractivity contribution in [2.45, 2.75) is 59.3 Å². The highest BCUT2D eigenvalue weighted by Gasteiger charge is 2.08. The number of nitrogens with two attached hydrogens (primary N) is 1. The van der Waals surface area contributed by atoms with E-state index in [9.17, 15) is 0 Å². The molecule has 0 fully saturated rings. The highest BCUT2D eigenvalue weighted by Crippen LogP contribution is 2.13. The number of aryl methyl sites for hydroxylation is 2. The third kappa shape index (κ3) is 6.19. The number of guanidine groups is 1. The van der Waals surface area contributed by atoms with Gasteiger partial charge in [0, 0.05) is 25.8 Å². The molecular formula is C16H31N5. The molecule has 5 nitrogen and oxygen atoms in total. The van der Waals surface area contributed by atoms with Crippen molar-refractivity contribution in [3.63, 3.8) is 0 Å².